The van der Waals surface area contributed by atoms with Gasteiger partial charge in [0.25, 0.3) is 0 Å². The Balaban J connectivity index is 1.54. The van der Waals surface area contributed by atoms with Crippen LogP contribution >= 0.6 is 0 Å². The highest BCUT2D eigenvalue weighted by Crippen LogP contribution is 2.42. The normalized spacial score (nSPS) is 22.3. The largest absolute Gasteiger partial charge is 0.328 e. The molecule has 3 aliphatic rings. The molecule has 0 bridgehead atoms. The zero-order valence-corrected chi connectivity index (χ0v) is 17.1. The van der Waals surface area contributed by atoms with E-state index in [1.165, 1.54) is 5.56 Å². The fourth-order valence-corrected chi connectivity index (χ4v) is 4.68. The minimum atomic E-state index is -0.289. The molecule has 0 radical (unpaired) electrons. The molecular weight excluding hydrogens is 388 g/mol. The summed E-state index contributed by atoms with van der Waals surface area (Å²) >= 11 is 0. The second kappa shape index (κ2) is 8.22. The number of pyridine rings is 1. The molecule has 3 heterocycles. The number of urea groups is 1. The summed E-state index contributed by atoms with van der Waals surface area (Å²) in [6.45, 7) is 0. The van der Waals surface area contributed by atoms with Gasteiger partial charge in [0, 0.05) is 42.3 Å². The van der Waals surface area contributed by atoms with E-state index in [4.69, 9.17) is 0 Å². The molecule has 0 saturated heterocycles. The molecular formula is C25H24N4O2. The van der Waals surface area contributed by atoms with Crippen molar-refractivity contribution in [1.82, 2.24) is 14.8 Å². The first kappa shape index (κ1) is 19.3. The fraction of sp³-hybridized carbons (Fsp3) is 0.240. The van der Waals surface area contributed by atoms with E-state index in [1.807, 2.05) is 36.6 Å². The Labute approximate surface area is 181 Å². The van der Waals surface area contributed by atoms with Gasteiger partial charge >= 0.3 is 6.03 Å². The molecule has 1 aliphatic carbocycles. The highest BCUT2D eigenvalue weighted by Gasteiger charge is 2.47. The zero-order chi connectivity index (χ0) is 21.2. The predicted molar refractivity (Wildman–Crippen MR) is 119 cm³/mol. The maximum absolute atomic E-state index is 13.5. The van der Waals surface area contributed by atoms with Crippen molar-refractivity contribution in [2.45, 2.75) is 31.8 Å². The van der Waals surface area contributed by atoms with Crippen LogP contribution in [0.25, 0.3) is 0 Å². The number of amides is 2. The van der Waals surface area contributed by atoms with E-state index in [-0.39, 0.29) is 23.9 Å². The highest BCUT2D eigenvalue weighted by atomic mass is 16.2. The number of ketones is 1. The summed E-state index contributed by atoms with van der Waals surface area (Å²) in [6.07, 6.45) is 14.0. The summed E-state index contributed by atoms with van der Waals surface area (Å²) < 4.78 is 0. The molecule has 31 heavy (non-hydrogen) atoms. The fourth-order valence-electron chi connectivity index (χ4n) is 4.68. The second-order valence-corrected chi connectivity index (χ2v) is 8.01. The van der Waals surface area contributed by atoms with Gasteiger partial charge in [0.05, 0.1) is 0 Å². The smallest absolute Gasteiger partial charge is 0.327 e. The van der Waals surface area contributed by atoms with Crippen LogP contribution in [0.4, 0.5) is 10.5 Å². The molecule has 1 aromatic heterocycles. The monoisotopic (exact) mass is 412 g/mol. The molecule has 5 rings (SSSR count). The number of hydrogen-bond acceptors (Lipinski definition) is 4. The van der Waals surface area contributed by atoms with Gasteiger partial charge in [-0.3, -0.25) is 14.7 Å². The topological polar surface area (TPSA) is 65.5 Å². The Morgan fingerprint density at radius 2 is 1.87 bits per heavy atom. The molecule has 0 fully saturated rings. The molecule has 2 aromatic rings. The molecule has 2 atom stereocenters. The van der Waals surface area contributed by atoms with Gasteiger partial charge in [-0.2, -0.15) is 0 Å². The Kier molecular flexibility index (Phi) is 5.12. The lowest BCUT2D eigenvalue weighted by molar-refractivity contribution is -0.117. The van der Waals surface area contributed by atoms with Crippen LogP contribution in [0.1, 0.15) is 24.8 Å². The summed E-state index contributed by atoms with van der Waals surface area (Å²) in [7, 11) is 0. The quantitative estimate of drug-likeness (QED) is 0.808. The molecule has 2 unspecified atom stereocenters. The maximum Gasteiger partial charge on any atom is 0.328 e. The maximum atomic E-state index is 13.5. The molecule has 0 saturated carbocycles. The van der Waals surface area contributed by atoms with E-state index in [2.05, 4.69) is 33.4 Å². The standard InChI is InChI=1S/C25H24N4O2/c30-22-11-6-10-21-23(22)29(25(31)27-20-12-14-26-15-13-20)24-19(9-4-5-16-28(21)24)17-18-7-2-1-3-8-18/h1-5,7-9,12-16,19,24H,6,10-11,17H2,(H,26,27,31). The minimum Gasteiger partial charge on any atom is -0.327 e. The van der Waals surface area contributed by atoms with E-state index in [0.29, 0.717) is 17.8 Å². The van der Waals surface area contributed by atoms with Crippen LogP contribution in [0, 0.1) is 5.92 Å². The van der Waals surface area contributed by atoms with Gasteiger partial charge in [0.2, 0.25) is 0 Å². The van der Waals surface area contributed by atoms with Gasteiger partial charge in [-0.1, -0.05) is 42.5 Å². The van der Waals surface area contributed by atoms with Crippen molar-refractivity contribution in [1.29, 1.82) is 0 Å². The number of carbonyl (C=O) groups is 2. The third-order valence-corrected chi connectivity index (χ3v) is 6.02. The Hall–Kier alpha value is -3.67. The average Bonchev–Trinajstić information content (AvgIpc) is 3.00. The summed E-state index contributed by atoms with van der Waals surface area (Å²) in [5.41, 5.74) is 3.35. The van der Waals surface area contributed by atoms with Crippen molar-refractivity contribution < 1.29 is 9.59 Å². The highest BCUT2D eigenvalue weighted by molar-refractivity contribution is 6.03. The average molecular weight is 412 g/mol. The van der Waals surface area contributed by atoms with Crippen LogP contribution in [0.3, 0.4) is 0 Å². The number of nitrogens with one attached hydrogen (secondary N) is 1. The molecule has 2 aliphatic heterocycles. The van der Waals surface area contributed by atoms with E-state index in [9.17, 15) is 9.59 Å². The third-order valence-electron chi connectivity index (χ3n) is 6.02. The van der Waals surface area contributed by atoms with Crippen LogP contribution in [-0.2, 0) is 11.2 Å². The van der Waals surface area contributed by atoms with E-state index < -0.39 is 0 Å². The number of aromatic nitrogens is 1. The summed E-state index contributed by atoms with van der Waals surface area (Å²) in [5.74, 6) is 0.0639. The Morgan fingerprint density at radius 3 is 2.68 bits per heavy atom. The van der Waals surface area contributed by atoms with Crippen LogP contribution in [-0.4, -0.2) is 32.8 Å². The van der Waals surface area contributed by atoms with Gasteiger partial charge in [-0.15, -0.1) is 0 Å². The van der Waals surface area contributed by atoms with Gasteiger partial charge in [-0.05, 0) is 43.0 Å². The van der Waals surface area contributed by atoms with Crippen LogP contribution < -0.4 is 5.32 Å². The van der Waals surface area contributed by atoms with Crippen molar-refractivity contribution in [3.05, 3.63) is 96.2 Å². The van der Waals surface area contributed by atoms with Crippen LogP contribution in [0.2, 0.25) is 0 Å². The number of fused-ring (bicyclic) bond motifs is 2. The van der Waals surface area contributed by atoms with Gasteiger partial charge in [0.15, 0.2) is 5.78 Å². The molecule has 1 aromatic carbocycles. The molecule has 1 N–H and O–H groups in total. The summed E-state index contributed by atoms with van der Waals surface area (Å²) in [4.78, 5) is 34.3. The van der Waals surface area contributed by atoms with Gasteiger partial charge in [0.1, 0.15) is 11.9 Å². The lowest BCUT2D eigenvalue weighted by Gasteiger charge is -2.35. The van der Waals surface area contributed by atoms with Crippen molar-refractivity contribution in [2.24, 2.45) is 5.92 Å². The molecule has 6 nitrogen and oxygen atoms in total. The number of nitrogens with zero attached hydrogens (tertiary/aromatic N) is 3. The number of Topliss-reactive ketones (excluding diaryl/α,β-unsaturated/α-hetero) is 1. The zero-order valence-electron chi connectivity index (χ0n) is 17.1. The van der Waals surface area contributed by atoms with Crippen molar-refractivity contribution in [3.63, 3.8) is 0 Å². The summed E-state index contributed by atoms with van der Waals surface area (Å²) in [5, 5.41) is 2.96. The van der Waals surface area contributed by atoms with Crippen molar-refractivity contribution in [3.8, 4) is 0 Å². The lowest BCUT2D eigenvalue weighted by atomic mass is 9.95. The minimum absolute atomic E-state index is 0.0268. The first-order valence-corrected chi connectivity index (χ1v) is 10.7. The number of rotatable bonds is 3. The first-order valence-electron chi connectivity index (χ1n) is 10.7. The van der Waals surface area contributed by atoms with E-state index >= 15 is 0 Å². The Bertz CT molecular complexity index is 1080. The van der Waals surface area contributed by atoms with E-state index in [0.717, 1.165) is 25.0 Å². The van der Waals surface area contributed by atoms with Gasteiger partial charge < -0.3 is 10.2 Å². The number of benzene rings is 1. The van der Waals surface area contributed by atoms with Crippen LogP contribution in [0.15, 0.2) is 90.7 Å². The predicted octanol–water partition coefficient (Wildman–Crippen LogP) is 4.46. The number of carbonyl (C=O) groups excluding carboxylic acids is 2. The molecule has 0 spiro atoms. The van der Waals surface area contributed by atoms with Crippen molar-refractivity contribution in [2.75, 3.05) is 5.32 Å². The number of hydrogen-bond donors (Lipinski definition) is 1. The van der Waals surface area contributed by atoms with Gasteiger partial charge in [-0.25, -0.2) is 4.79 Å². The van der Waals surface area contributed by atoms with E-state index in [1.54, 1.807) is 29.4 Å². The number of allylic oxidation sites excluding steroid dienone is 4. The lowest BCUT2D eigenvalue weighted by Crippen LogP contribution is -2.48. The number of anilines is 1. The molecule has 156 valence electrons. The Morgan fingerprint density at radius 1 is 1.06 bits per heavy atom. The molecule has 6 heteroatoms. The first-order chi connectivity index (χ1) is 15.2. The van der Waals surface area contributed by atoms with Crippen molar-refractivity contribution >= 4 is 17.5 Å². The SMILES string of the molecule is O=C1CCCC2=C1N(C(=O)Nc1ccncc1)C1C(Cc3ccccc3)C=CC=CN21. The second-order valence-electron chi connectivity index (χ2n) is 8.01. The molecule has 2 amide bonds. The van der Waals surface area contributed by atoms with Crippen LogP contribution in [0.5, 0.6) is 0 Å². The third kappa shape index (κ3) is 3.65. The summed E-state index contributed by atoms with van der Waals surface area (Å²) in [6, 6.07) is 13.5.